The smallest absolute Gasteiger partial charge is 0.339 e. The number of rotatable bonds is 8. The first-order chi connectivity index (χ1) is 18.6. The number of aromatic nitrogens is 1. The number of esters is 1. The fourth-order valence-corrected chi connectivity index (χ4v) is 4.35. The molecule has 38 heavy (non-hydrogen) atoms. The number of pyridine rings is 1. The van der Waals surface area contributed by atoms with Gasteiger partial charge in [0.1, 0.15) is 0 Å². The van der Waals surface area contributed by atoms with Gasteiger partial charge in [0.2, 0.25) is 0 Å². The maximum Gasteiger partial charge on any atom is 0.339 e. The van der Waals surface area contributed by atoms with E-state index >= 15 is 0 Å². The molecule has 5 heteroatoms. The monoisotopic (exact) mass is 500 g/mol. The van der Waals surface area contributed by atoms with Crippen molar-refractivity contribution in [3.05, 3.63) is 138 Å². The molecule has 0 saturated heterocycles. The van der Waals surface area contributed by atoms with E-state index in [-0.39, 0.29) is 12.5 Å². The molecule has 0 saturated carbocycles. The van der Waals surface area contributed by atoms with Crippen molar-refractivity contribution in [2.24, 2.45) is 0 Å². The molecule has 1 amide bonds. The second-order valence-corrected chi connectivity index (χ2v) is 9.24. The van der Waals surface area contributed by atoms with Gasteiger partial charge in [0, 0.05) is 24.0 Å². The lowest BCUT2D eigenvalue weighted by atomic mass is 10.0. The van der Waals surface area contributed by atoms with Crippen molar-refractivity contribution in [2.45, 2.75) is 20.0 Å². The zero-order valence-corrected chi connectivity index (χ0v) is 21.2. The molecule has 1 aromatic heterocycles. The number of nitrogens with zero attached hydrogens (tertiary/aromatic N) is 2. The van der Waals surface area contributed by atoms with Gasteiger partial charge >= 0.3 is 5.97 Å². The lowest BCUT2D eigenvalue weighted by Crippen LogP contribution is -2.34. The van der Waals surface area contributed by atoms with E-state index in [1.165, 1.54) is 0 Å². The van der Waals surface area contributed by atoms with Gasteiger partial charge in [-0.15, -0.1) is 0 Å². The standard InChI is InChI=1S/C33H28N2O3/c1-24-16-18-27(19-17-24)31-20-29(28-14-8-9-15-30(28)34-31)33(37)38-23-32(36)35(21-25-10-4-2-5-11-25)22-26-12-6-3-7-13-26/h2-20H,21-23H2,1H3. The summed E-state index contributed by atoms with van der Waals surface area (Å²) in [6.45, 7) is 2.51. The molecule has 4 aromatic carbocycles. The zero-order chi connectivity index (χ0) is 26.3. The summed E-state index contributed by atoms with van der Waals surface area (Å²) in [7, 11) is 0. The number of fused-ring (bicyclic) bond motifs is 1. The summed E-state index contributed by atoms with van der Waals surface area (Å²) < 4.78 is 5.61. The highest BCUT2D eigenvalue weighted by Crippen LogP contribution is 2.26. The summed E-state index contributed by atoms with van der Waals surface area (Å²) in [4.78, 5) is 33.1. The third-order valence-electron chi connectivity index (χ3n) is 6.40. The molecule has 0 unspecified atom stereocenters. The Morgan fingerprint density at radius 1 is 0.737 bits per heavy atom. The minimum absolute atomic E-state index is 0.261. The number of hydrogen-bond acceptors (Lipinski definition) is 4. The topological polar surface area (TPSA) is 59.5 Å². The molecular formula is C33H28N2O3. The van der Waals surface area contributed by atoms with Crippen LogP contribution in [0.15, 0.2) is 115 Å². The highest BCUT2D eigenvalue weighted by molar-refractivity contribution is 6.05. The van der Waals surface area contributed by atoms with E-state index in [9.17, 15) is 9.59 Å². The molecule has 0 aliphatic carbocycles. The minimum Gasteiger partial charge on any atom is -0.452 e. The van der Waals surface area contributed by atoms with E-state index in [1.54, 1.807) is 11.0 Å². The average Bonchev–Trinajstić information content (AvgIpc) is 2.96. The molecule has 5 nitrogen and oxygen atoms in total. The van der Waals surface area contributed by atoms with Crippen LogP contribution >= 0.6 is 0 Å². The van der Waals surface area contributed by atoms with Crippen molar-refractivity contribution in [1.29, 1.82) is 0 Å². The Balaban J connectivity index is 1.37. The highest BCUT2D eigenvalue weighted by Gasteiger charge is 2.20. The molecule has 188 valence electrons. The fourth-order valence-electron chi connectivity index (χ4n) is 4.35. The zero-order valence-electron chi connectivity index (χ0n) is 21.2. The summed E-state index contributed by atoms with van der Waals surface area (Å²) in [6.07, 6.45) is 0. The third kappa shape index (κ3) is 5.95. The van der Waals surface area contributed by atoms with Crippen molar-refractivity contribution in [3.8, 4) is 11.3 Å². The number of hydrogen-bond donors (Lipinski definition) is 0. The lowest BCUT2D eigenvalue weighted by Gasteiger charge is -2.23. The van der Waals surface area contributed by atoms with Gasteiger partial charge in [0.15, 0.2) is 6.61 Å². The van der Waals surface area contributed by atoms with Gasteiger partial charge in [-0.3, -0.25) is 4.79 Å². The Morgan fingerprint density at radius 3 is 1.95 bits per heavy atom. The molecule has 0 bridgehead atoms. The van der Waals surface area contributed by atoms with Crippen molar-refractivity contribution in [3.63, 3.8) is 0 Å². The van der Waals surface area contributed by atoms with E-state index in [0.717, 1.165) is 22.3 Å². The first-order valence-corrected chi connectivity index (χ1v) is 12.6. The van der Waals surface area contributed by atoms with Crippen LogP contribution < -0.4 is 0 Å². The lowest BCUT2D eigenvalue weighted by molar-refractivity contribution is -0.135. The second-order valence-electron chi connectivity index (χ2n) is 9.24. The van der Waals surface area contributed by atoms with Crippen molar-refractivity contribution in [1.82, 2.24) is 9.88 Å². The summed E-state index contributed by atoms with van der Waals surface area (Å²) in [5, 5.41) is 0.686. The number of ether oxygens (including phenoxy) is 1. The number of carbonyl (C=O) groups excluding carboxylic acids is 2. The third-order valence-corrected chi connectivity index (χ3v) is 6.40. The summed E-state index contributed by atoms with van der Waals surface area (Å²) in [6, 6.07) is 36.8. The maximum atomic E-state index is 13.3. The van der Waals surface area contributed by atoms with Crippen LogP contribution in [-0.4, -0.2) is 28.4 Å². The Bertz CT molecular complexity index is 1510. The molecule has 0 N–H and O–H groups in total. The van der Waals surface area contributed by atoms with E-state index in [0.29, 0.717) is 35.2 Å². The predicted octanol–water partition coefficient (Wildman–Crippen LogP) is 6.60. The molecule has 0 spiro atoms. The SMILES string of the molecule is Cc1ccc(-c2cc(C(=O)OCC(=O)N(Cc3ccccc3)Cc3ccccc3)c3ccccc3n2)cc1. The number of aryl methyl sites for hydroxylation is 1. The van der Waals surface area contributed by atoms with E-state index in [1.807, 2.05) is 116 Å². The van der Waals surface area contributed by atoms with Crippen molar-refractivity contribution in [2.75, 3.05) is 6.61 Å². The first kappa shape index (κ1) is 24.9. The second kappa shape index (κ2) is 11.5. The Labute approximate surface area is 222 Å². The van der Waals surface area contributed by atoms with Gasteiger partial charge in [-0.2, -0.15) is 0 Å². The normalized spacial score (nSPS) is 10.8. The number of carbonyl (C=O) groups is 2. The van der Waals surface area contributed by atoms with Gasteiger partial charge in [-0.05, 0) is 30.2 Å². The van der Waals surface area contributed by atoms with Crippen LogP contribution in [0.5, 0.6) is 0 Å². The summed E-state index contributed by atoms with van der Waals surface area (Å²) >= 11 is 0. The van der Waals surface area contributed by atoms with Gasteiger partial charge in [-0.1, -0.05) is 109 Å². The average molecular weight is 501 g/mol. The first-order valence-electron chi connectivity index (χ1n) is 12.6. The van der Waals surface area contributed by atoms with Crippen LogP contribution in [0.2, 0.25) is 0 Å². The molecule has 0 atom stereocenters. The van der Waals surface area contributed by atoms with Gasteiger partial charge in [-0.25, -0.2) is 9.78 Å². The maximum absolute atomic E-state index is 13.3. The van der Waals surface area contributed by atoms with Gasteiger partial charge < -0.3 is 9.64 Å². The molecule has 5 aromatic rings. The molecule has 0 aliphatic rings. The largest absolute Gasteiger partial charge is 0.452 e. The van der Waals surface area contributed by atoms with Crippen LogP contribution in [0.3, 0.4) is 0 Å². The highest BCUT2D eigenvalue weighted by atomic mass is 16.5. The van der Waals surface area contributed by atoms with E-state index < -0.39 is 5.97 Å². The van der Waals surface area contributed by atoms with E-state index in [4.69, 9.17) is 9.72 Å². The Morgan fingerprint density at radius 2 is 1.32 bits per heavy atom. The van der Waals surface area contributed by atoms with Crippen molar-refractivity contribution >= 4 is 22.8 Å². The predicted molar refractivity (Wildman–Crippen MR) is 149 cm³/mol. The molecule has 0 radical (unpaired) electrons. The fraction of sp³-hybridized carbons (Fsp3) is 0.121. The Kier molecular flexibility index (Phi) is 7.55. The molecule has 1 heterocycles. The number of para-hydroxylation sites is 1. The van der Waals surface area contributed by atoms with Crippen LogP contribution in [0.25, 0.3) is 22.2 Å². The molecular weight excluding hydrogens is 472 g/mol. The van der Waals surface area contributed by atoms with Crippen LogP contribution in [0.1, 0.15) is 27.0 Å². The Hall–Kier alpha value is -4.77. The molecule has 5 rings (SSSR count). The van der Waals surface area contributed by atoms with Crippen LogP contribution in [-0.2, 0) is 22.6 Å². The molecule has 0 aliphatic heterocycles. The van der Waals surface area contributed by atoms with Gasteiger partial charge in [0.25, 0.3) is 5.91 Å². The van der Waals surface area contributed by atoms with Gasteiger partial charge in [0.05, 0.1) is 16.8 Å². The van der Waals surface area contributed by atoms with Crippen LogP contribution in [0, 0.1) is 6.92 Å². The van der Waals surface area contributed by atoms with Crippen molar-refractivity contribution < 1.29 is 14.3 Å². The summed E-state index contributed by atoms with van der Waals surface area (Å²) in [5.74, 6) is -0.812. The number of benzene rings is 4. The van der Waals surface area contributed by atoms with Crippen LogP contribution in [0.4, 0.5) is 0 Å². The quantitative estimate of drug-likeness (QED) is 0.225. The van der Waals surface area contributed by atoms with E-state index in [2.05, 4.69) is 0 Å². The number of amides is 1. The minimum atomic E-state index is -0.551. The molecule has 0 fully saturated rings. The summed E-state index contributed by atoms with van der Waals surface area (Å²) in [5.41, 5.74) is 5.82.